The van der Waals surface area contributed by atoms with Crippen LogP contribution in [0.2, 0.25) is 0 Å². The van der Waals surface area contributed by atoms with Gasteiger partial charge in [-0.1, -0.05) is 78.9 Å². The summed E-state index contributed by atoms with van der Waals surface area (Å²) in [6, 6.07) is 24.3. The molecule has 2 N–H and O–H groups in total. The van der Waals surface area contributed by atoms with Gasteiger partial charge in [0.1, 0.15) is 6.61 Å². The monoisotopic (exact) mass is 417 g/mol. The first-order chi connectivity index (χ1) is 15.1. The Morgan fingerprint density at radius 1 is 0.871 bits per heavy atom. The predicted octanol–water partition coefficient (Wildman–Crippen LogP) is 4.20. The summed E-state index contributed by atoms with van der Waals surface area (Å²) in [5, 5.41) is 11.8. The highest BCUT2D eigenvalue weighted by atomic mass is 16.5. The minimum atomic E-state index is -1.20. The maximum Gasteiger partial charge on any atom is 0.407 e. The summed E-state index contributed by atoms with van der Waals surface area (Å²) < 4.78 is 10.9. The molecular weight excluding hydrogens is 394 g/mol. The van der Waals surface area contributed by atoms with Gasteiger partial charge in [-0.3, -0.25) is 0 Å². The van der Waals surface area contributed by atoms with Crippen LogP contribution in [-0.2, 0) is 20.9 Å². The van der Waals surface area contributed by atoms with Crippen molar-refractivity contribution in [2.75, 3.05) is 13.2 Å². The van der Waals surface area contributed by atoms with Crippen molar-refractivity contribution in [3.63, 3.8) is 0 Å². The van der Waals surface area contributed by atoms with E-state index in [0.29, 0.717) is 0 Å². The lowest BCUT2D eigenvalue weighted by molar-refractivity contribution is -0.141. The highest BCUT2D eigenvalue weighted by Crippen LogP contribution is 2.44. The van der Waals surface area contributed by atoms with Crippen LogP contribution < -0.4 is 5.32 Å². The van der Waals surface area contributed by atoms with Crippen LogP contribution in [0, 0.1) is 0 Å². The second-order valence-electron chi connectivity index (χ2n) is 7.36. The van der Waals surface area contributed by atoms with Crippen molar-refractivity contribution in [1.82, 2.24) is 5.32 Å². The molecule has 0 saturated carbocycles. The number of nitrogens with one attached hydrogen (secondary N) is 1. The Labute approximate surface area is 180 Å². The number of benzene rings is 3. The molecule has 31 heavy (non-hydrogen) atoms. The Morgan fingerprint density at radius 2 is 1.45 bits per heavy atom. The molecule has 1 atom stereocenters. The first-order valence-electron chi connectivity index (χ1n) is 10.1. The van der Waals surface area contributed by atoms with Crippen molar-refractivity contribution in [3.05, 3.63) is 95.6 Å². The first-order valence-corrected chi connectivity index (χ1v) is 10.1. The molecule has 1 aliphatic rings. The number of carbonyl (C=O) groups excluding carboxylic acids is 1. The van der Waals surface area contributed by atoms with Gasteiger partial charge in [-0.05, 0) is 27.8 Å². The average Bonchev–Trinajstić information content (AvgIpc) is 3.11. The molecule has 0 heterocycles. The number of rotatable bonds is 8. The molecule has 1 unspecified atom stereocenters. The van der Waals surface area contributed by atoms with Crippen LogP contribution in [0.25, 0.3) is 11.1 Å². The fourth-order valence-electron chi connectivity index (χ4n) is 3.83. The van der Waals surface area contributed by atoms with Crippen LogP contribution in [-0.4, -0.2) is 36.4 Å². The van der Waals surface area contributed by atoms with Crippen LogP contribution in [0.1, 0.15) is 22.6 Å². The third kappa shape index (κ3) is 4.75. The van der Waals surface area contributed by atoms with Gasteiger partial charge in [0, 0.05) is 5.92 Å². The molecule has 0 spiro atoms. The van der Waals surface area contributed by atoms with Gasteiger partial charge in [0.2, 0.25) is 0 Å². The van der Waals surface area contributed by atoms with Crippen LogP contribution >= 0.6 is 0 Å². The van der Waals surface area contributed by atoms with E-state index in [1.807, 2.05) is 66.7 Å². The average molecular weight is 417 g/mol. The molecule has 3 aromatic rings. The molecule has 0 aliphatic heterocycles. The predicted molar refractivity (Wildman–Crippen MR) is 116 cm³/mol. The highest BCUT2D eigenvalue weighted by Gasteiger charge is 2.29. The molecule has 0 bridgehead atoms. The normalized spacial score (nSPS) is 13.2. The summed E-state index contributed by atoms with van der Waals surface area (Å²) in [5.41, 5.74) is 5.37. The van der Waals surface area contributed by atoms with Crippen molar-refractivity contribution in [2.24, 2.45) is 0 Å². The zero-order valence-corrected chi connectivity index (χ0v) is 16.9. The Kier molecular flexibility index (Phi) is 6.29. The largest absolute Gasteiger partial charge is 0.480 e. The zero-order valence-electron chi connectivity index (χ0n) is 16.9. The summed E-state index contributed by atoms with van der Waals surface area (Å²) in [7, 11) is 0. The number of ether oxygens (including phenoxy) is 2. The number of alkyl carbamates (subject to hydrolysis) is 1. The van der Waals surface area contributed by atoms with Crippen molar-refractivity contribution in [2.45, 2.75) is 18.6 Å². The fourth-order valence-corrected chi connectivity index (χ4v) is 3.83. The van der Waals surface area contributed by atoms with Gasteiger partial charge < -0.3 is 19.9 Å². The van der Waals surface area contributed by atoms with Gasteiger partial charge >= 0.3 is 12.1 Å². The summed E-state index contributed by atoms with van der Waals surface area (Å²) >= 11 is 0. The van der Waals surface area contributed by atoms with E-state index in [1.54, 1.807) is 0 Å². The lowest BCUT2D eigenvalue weighted by Gasteiger charge is -2.17. The van der Waals surface area contributed by atoms with Crippen LogP contribution in [0.15, 0.2) is 78.9 Å². The molecule has 3 aromatic carbocycles. The van der Waals surface area contributed by atoms with Gasteiger partial charge in [-0.15, -0.1) is 0 Å². The second-order valence-corrected chi connectivity index (χ2v) is 7.36. The number of hydrogen-bond acceptors (Lipinski definition) is 4. The SMILES string of the molecule is O=C(NC(COCc1ccccc1)C(=O)O)OCC1c2ccccc2-c2ccccc21. The van der Waals surface area contributed by atoms with E-state index in [-0.39, 0.29) is 25.7 Å². The van der Waals surface area contributed by atoms with E-state index in [4.69, 9.17) is 9.47 Å². The maximum atomic E-state index is 12.3. The molecule has 6 nitrogen and oxygen atoms in total. The zero-order chi connectivity index (χ0) is 21.6. The lowest BCUT2D eigenvalue weighted by Crippen LogP contribution is -2.44. The fraction of sp³-hybridized carbons (Fsp3) is 0.200. The van der Waals surface area contributed by atoms with Gasteiger partial charge in [-0.25, -0.2) is 9.59 Å². The Morgan fingerprint density at radius 3 is 2.06 bits per heavy atom. The smallest absolute Gasteiger partial charge is 0.407 e. The molecule has 0 saturated heterocycles. The molecule has 6 heteroatoms. The third-order valence-corrected chi connectivity index (χ3v) is 5.33. The summed E-state index contributed by atoms with van der Waals surface area (Å²) in [5.74, 6) is -1.27. The minimum absolute atomic E-state index is 0.0873. The molecule has 0 fully saturated rings. The van der Waals surface area contributed by atoms with E-state index < -0.39 is 18.1 Å². The van der Waals surface area contributed by atoms with Crippen molar-refractivity contribution >= 4 is 12.1 Å². The number of carboxylic acid groups (broad SMARTS) is 1. The van der Waals surface area contributed by atoms with Crippen LogP contribution in [0.3, 0.4) is 0 Å². The quantitative estimate of drug-likeness (QED) is 0.574. The standard InChI is InChI=1S/C25H23NO5/c27-24(28)23(16-30-14-17-8-2-1-3-9-17)26-25(29)31-15-22-20-12-6-4-10-18(20)19-11-5-7-13-21(19)22/h1-13,22-23H,14-16H2,(H,26,29)(H,27,28). The summed E-state index contributed by atoms with van der Waals surface area (Å²) in [6.07, 6.45) is -0.780. The summed E-state index contributed by atoms with van der Waals surface area (Å²) in [6.45, 7) is 0.225. The van der Waals surface area contributed by atoms with Crippen LogP contribution in [0.5, 0.6) is 0 Å². The molecule has 0 aromatic heterocycles. The van der Waals surface area contributed by atoms with Gasteiger partial charge in [0.25, 0.3) is 0 Å². The van der Waals surface area contributed by atoms with E-state index >= 15 is 0 Å². The Hall–Kier alpha value is -3.64. The molecular formula is C25H23NO5. The second kappa shape index (κ2) is 9.45. The number of carboxylic acids is 1. The number of hydrogen-bond donors (Lipinski definition) is 2. The third-order valence-electron chi connectivity index (χ3n) is 5.33. The molecule has 0 radical (unpaired) electrons. The van der Waals surface area contributed by atoms with Crippen LogP contribution in [0.4, 0.5) is 4.79 Å². The lowest BCUT2D eigenvalue weighted by atomic mass is 9.98. The van der Waals surface area contributed by atoms with Crippen molar-refractivity contribution in [3.8, 4) is 11.1 Å². The van der Waals surface area contributed by atoms with E-state index in [9.17, 15) is 14.7 Å². The van der Waals surface area contributed by atoms with Crippen molar-refractivity contribution in [1.29, 1.82) is 0 Å². The van der Waals surface area contributed by atoms with E-state index in [0.717, 1.165) is 27.8 Å². The molecule has 4 rings (SSSR count). The molecule has 1 amide bonds. The van der Waals surface area contributed by atoms with E-state index in [1.165, 1.54) is 0 Å². The van der Waals surface area contributed by atoms with Gasteiger partial charge in [0.05, 0.1) is 13.2 Å². The molecule has 158 valence electrons. The molecule has 1 aliphatic carbocycles. The summed E-state index contributed by atoms with van der Waals surface area (Å²) in [4.78, 5) is 23.8. The number of amides is 1. The number of aliphatic carboxylic acids is 1. The number of fused-ring (bicyclic) bond motifs is 3. The Bertz CT molecular complexity index is 1020. The van der Waals surface area contributed by atoms with E-state index in [2.05, 4.69) is 17.4 Å². The van der Waals surface area contributed by atoms with Crippen molar-refractivity contribution < 1.29 is 24.2 Å². The topological polar surface area (TPSA) is 84.9 Å². The van der Waals surface area contributed by atoms with Gasteiger partial charge in [-0.2, -0.15) is 0 Å². The Balaban J connectivity index is 1.34. The number of carbonyl (C=O) groups is 2. The highest BCUT2D eigenvalue weighted by molar-refractivity contribution is 5.81. The maximum absolute atomic E-state index is 12.3. The first kappa shape index (κ1) is 20.6. The van der Waals surface area contributed by atoms with Gasteiger partial charge in [0.15, 0.2) is 6.04 Å². The minimum Gasteiger partial charge on any atom is -0.480 e.